The normalized spacial score (nSPS) is 10.2. The number of nitrogens with one attached hydrogen (secondary N) is 1. The largest absolute Gasteiger partial charge is 0.457 e. The van der Waals surface area contributed by atoms with Crippen LogP contribution < -0.4 is 16.0 Å². The molecule has 0 saturated carbocycles. The average molecular weight is 264 g/mol. The number of nitrogens with zero attached hydrogens (tertiary/aromatic N) is 1. The maximum Gasteiger partial charge on any atom is 0.143 e. The van der Waals surface area contributed by atoms with Crippen LogP contribution in [0.2, 0.25) is 5.02 Å². The van der Waals surface area contributed by atoms with Crippen molar-refractivity contribution in [1.29, 1.82) is 0 Å². The summed E-state index contributed by atoms with van der Waals surface area (Å²) in [5.41, 5.74) is 3.53. The Kier molecular flexibility index (Phi) is 4.02. The second kappa shape index (κ2) is 5.71. The van der Waals surface area contributed by atoms with Crippen LogP contribution in [0, 0.1) is 0 Å². The molecule has 0 radical (unpaired) electrons. The molecule has 18 heavy (non-hydrogen) atoms. The number of aryl methyl sites for hydroxylation is 1. The monoisotopic (exact) mass is 263 g/mol. The van der Waals surface area contributed by atoms with Gasteiger partial charge in [0.05, 0.1) is 0 Å². The zero-order chi connectivity index (χ0) is 13.0. The molecule has 5 heteroatoms. The zero-order valence-corrected chi connectivity index (χ0v) is 10.7. The van der Waals surface area contributed by atoms with Crippen molar-refractivity contribution in [3.05, 3.63) is 47.1 Å². The van der Waals surface area contributed by atoms with Gasteiger partial charge in [-0.15, -0.1) is 0 Å². The molecule has 0 unspecified atom stereocenters. The van der Waals surface area contributed by atoms with Gasteiger partial charge in [-0.25, -0.2) is 10.8 Å². The number of hydrogen-bond acceptors (Lipinski definition) is 4. The summed E-state index contributed by atoms with van der Waals surface area (Å²) in [5, 5.41) is 0.754. The lowest BCUT2D eigenvalue weighted by molar-refractivity contribution is 0.481. The standard InChI is InChI=1S/C13H14ClN3O/c1-2-9-7-10(3-4-12(9)14)18-11-5-6-16-13(8-11)17-15/h3-8H,2,15H2,1H3,(H,16,17). The van der Waals surface area contributed by atoms with E-state index in [1.54, 1.807) is 18.3 Å². The second-order valence-corrected chi connectivity index (χ2v) is 4.14. The molecule has 1 heterocycles. The number of anilines is 1. The van der Waals surface area contributed by atoms with Gasteiger partial charge in [0.25, 0.3) is 0 Å². The molecule has 0 aliphatic rings. The van der Waals surface area contributed by atoms with E-state index >= 15 is 0 Å². The number of rotatable bonds is 4. The third kappa shape index (κ3) is 2.91. The number of ether oxygens (including phenoxy) is 1. The molecule has 0 saturated heterocycles. The molecule has 0 aliphatic heterocycles. The Morgan fingerprint density at radius 1 is 1.28 bits per heavy atom. The van der Waals surface area contributed by atoms with Crippen LogP contribution in [0.1, 0.15) is 12.5 Å². The van der Waals surface area contributed by atoms with Crippen LogP contribution in [-0.4, -0.2) is 4.98 Å². The van der Waals surface area contributed by atoms with Crippen molar-refractivity contribution in [1.82, 2.24) is 4.98 Å². The summed E-state index contributed by atoms with van der Waals surface area (Å²) < 4.78 is 5.72. The molecule has 0 fully saturated rings. The Bertz CT molecular complexity index is 546. The van der Waals surface area contributed by atoms with E-state index in [1.165, 1.54) is 0 Å². The number of pyridine rings is 1. The van der Waals surface area contributed by atoms with E-state index in [1.807, 2.05) is 25.1 Å². The number of hydrazine groups is 1. The molecule has 2 rings (SSSR count). The Balaban J connectivity index is 2.22. The minimum atomic E-state index is 0.553. The number of hydrogen-bond donors (Lipinski definition) is 2. The van der Waals surface area contributed by atoms with E-state index < -0.39 is 0 Å². The first-order chi connectivity index (χ1) is 8.72. The fraction of sp³-hybridized carbons (Fsp3) is 0.154. The molecular weight excluding hydrogens is 250 g/mol. The molecule has 0 bridgehead atoms. The lowest BCUT2D eigenvalue weighted by Gasteiger charge is -2.09. The molecule has 3 N–H and O–H groups in total. The quantitative estimate of drug-likeness (QED) is 0.656. The maximum atomic E-state index is 6.05. The van der Waals surface area contributed by atoms with Crippen LogP contribution in [0.4, 0.5) is 5.82 Å². The highest BCUT2D eigenvalue weighted by Gasteiger charge is 2.03. The zero-order valence-electron chi connectivity index (χ0n) is 9.98. The van der Waals surface area contributed by atoms with Gasteiger partial charge in [0.2, 0.25) is 0 Å². The number of nitrogens with two attached hydrogens (primary N) is 1. The van der Waals surface area contributed by atoms with Crippen LogP contribution in [0.3, 0.4) is 0 Å². The summed E-state index contributed by atoms with van der Waals surface area (Å²) in [6, 6.07) is 9.08. The molecule has 4 nitrogen and oxygen atoms in total. The van der Waals surface area contributed by atoms with Crippen LogP contribution in [0.5, 0.6) is 11.5 Å². The van der Waals surface area contributed by atoms with Crippen LogP contribution in [0.25, 0.3) is 0 Å². The lowest BCUT2D eigenvalue weighted by Crippen LogP contribution is -2.08. The molecule has 0 amide bonds. The summed E-state index contributed by atoms with van der Waals surface area (Å²) in [7, 11) is 0. The third-order valence-electron chi connectivity index (χ3n) is 2.51. The summed E-state index contributed by atoms with van der Waals surface area (Å²) >= 11 is 6.05. The van der Waals surface area contributed by atoms with Crippen molar-refractivity contribution in [3.8, 4) is 11.5 Å². The van der Waals surface area contributed by atoms with E-state index in [4.69, 9.17) is 22.2 Å². The predicted molar refractivity (Wildman–Crippen MR) is 73.0 cm³/mol. The van der Waals surface area contributed by atoms with Crippen LogP contribution >= 0.6 is 11.6 Å². The smallest absolute Gasteiger partial charge is 0.143 e. The van der Waals surface area contributed by atoms with Gasteiger partial charge in [-0.2, -0.15) is 0 Å². The van der Waals surface area contributed by atoms with Crippen molar-refractivity contribution >= 4 is 17.4 Å². The van der Waals surface area contributed by atoms with Gasteiger partial charge in [-0.05, 0) is 36.2 Å². The van der Waals surface area contributed by atoms with Gasteiger partial charge in [-0.1, -0.05) is 18.5 Å². The van der Waals surface area contributed by atoms with Crippen LogP contribution in [-0.2, 0) is 6.42 Å². The summed E-state index contributed by atoms with van der Waals surface area (Å²) in [4.78, 5) is 4.01. The number of halogens is 1. The molecule has 1 aromatic carbocycles. The van der Waals surface area contributed by atoms with Gasteiger partial charge < -0.3 is 10.2 Å². The number of nitrogen functional groups attached to an aromatic ring is 1. The summed E-state index contributed by atoms with van der Waals surface area (Å²) in [6.07, 6.45) is 2.49. The first-order valence-electron chi connectivity index (χ1n) is 5.62. The Morgan fingerprint density at radius 3 is 2.78 bits per heavy atom. The highest BCUT2D eigenvalue weighted by Crippen LogP contribution is 2.27. The van der Waals surface area contributed by atoms with Crippen LogP contribution in [0.15, 0.2) is 36.5 Å². The fourth-order valence-electron chi connectivity index (χ4n) is 1.58. The first-order valence-corrected chi connectivity index (χ1v) is 5.99. The Morgan fingerprint density at radius 2 is 2.06 bits per heavy atom. The van der Waals surface area contributed by atoms with Gasteiger partial charge in [0.15, 0.2) is 0 Å². The maximum absolute atomic E-state index is 6.05. The van der Waals surface area contributed by atoms with Gasteiger partial charge >= 0.3 is 0 Å². The van der Waals surface area contributed by atoms with Crippen molar-refractivity contribution in [3.63, 3.8) is 0 Å². The Hall–Kier alpha value is -1.78. The topological polar surface area (TPSA) is 60.2 Å². The van der Waals surface area contributed by atoms with Crippen molar-refractivity contribution in [2.45, 2.75) is 13.3 Å². The minimum Gasteiger partial charge on any atom is -0.457 e. The summed E-state index contributed by atoms with van der Waals surface area (Å²) in [5.74, 6) is 7.25. The second-order valence-electron chi connectivity index (χ2n) is 3.73. The Labute approximate surface area is 111 Å². The van der Waals surface area contributed by atoms with E-state index in [0.717, 1.165) is 22.8 Å². The van der Waals surface area contributed by atoms with Crippen molar-refractivity contribution < 1.29 is 4.74 Å². The van der Waals surface area contributed by atoms with E-state index in [2.05, 4.69) is 10.4 Å². The molecule has 0 aliphatic carbocycles. The molecule has 1 aromatic heterocycles. The summed E-state index contributed by atoms with van der Waals surface area (Å²) in [6.45, 7) is 2.05. The predicted octanol–water partition coefficient (Wildman–Crippen LogP) is 3.38. The third-order valence-corrected chi connectivity index (χ3v) is 2.88. The molecule has 0 spiro atoms. The first kappa shape index (κ1) is 12.7. The lowest BCUT2D eigenvalue weighted by atomic mass is 10.1. The average Bonchev–Trinajstić information content (AvgIpc) is 2.41. The van der Waals surface area contributed by atoms with Gasteiger partial charge in [0, 0.05) is 17.3 Å². The highest BCUT2D eigenvalue weighted by atomic mass is 35.5. The molecule has 2 aromatic rings. The number of aromatic nitrogens is 1. The van der Waals surface area contributed by atoms with E-state index in [0.29, 0.717) is 11.6 Å². The van der Waals surface area contributed by atoms with Crippen molar-refractivity contribution in [2.24, 2.45) is 5.84 Å². The van der Waals surface area contributed by atoms with E-state index in [9.17, 15) is 0 Å². The minimum absolute atomic E-state index is 0.553. The fourth-order valence-corrected chi connectivity index (χ4v) is 1.83. The SMILES string of the molecule is CCc1cc(Oc2ccnc(NN)c2)ccc1Cl. The van der Waals surface area contributed by atoms with E-state index in [-0.39, 0.29) is 0 Å². The molecule has 0 atom stereocenters. The molecular formula is C13H14ClN3O. The van der Waals surface area contributed by atoms with Gasteiger partial charge in [0.1, 0.15) is 17.3 Å². The number of benzene rings is 1. The van der Waals surface area contributed by atoms with Crippen molar-refractivity contribution in [2.75, 3.05) is 5.43 Å². The highest BCUT2D eigenvalue weighted by molar-refractivity contribution is 6.31. The van der Waals surface area contributed by atoms with Gasteiger partial charge in [-0.3, -0.25) is 0 Å². The molecule has 94 valence electrons.